The number of carboxylic acids is 1. The van der Waals surface area contributed by atoms with Crippen molar-refractivity contribution in [3.63, 3.8) is 0 Å². The minimum Gasteiger partial charge on any atom is -0.480 e. The van der Waals surface area contributed by atoms with Crippen molar-refractivity contribution >= 4 is 17.8 Å². The molecule has 10 heteroatoms. The third kappa shape index (κ3) is 2.51. The van der Waals surface area contributed by atoms with Crippen LogP contribution in [-0.4, -0.2) is 71.8 Å². The number of fused-ring (bicyclic) bond motifs is 8. The summed E-state index contributed by atoms with van der Waals surface area (Å²) in [4.78, 5) is 36.4. The fourth-order valence-corrected chi connectivity index (χ4v) is 3.93. The largest absolute Gasteiger partial charge is 0.480 e. The van der Waals surface area contributed by atoms with Crippen LogP contribution in [0.5, 0.6) is 0 Å². The van der Waals surface area contributed by atoms with Crippen LogP contribution in [0.4, 0.5) is 0 Å². The number of methoxy groups -OCH3 is 1. The predicted molar refractivity (Wildman–Crippen MR) is 76.4 cm³/mol. The van der Waals surface area contributed by atoms with Gasteiger partial charge in [0.2, 0.25) is 11.8 Å². The molecular formula is C15H18N2O8. The lowest BCUT2D eigenvalue weighted by atomic mass is 9.78. The molecule has 4 aliphatic heterocycles. The topological polar surface area (TPSA) is 135 Å². The number of imide groups is 1. The zero-order valence-corrected chi connectivity index (χ0v) is 13.9. The number of hydrogen-bond acceptors (Lipinski definition) is 8. The molecule has 0 aromatic rings. The maximum Gasteiger partial charge on any atom is 0.323 e. The van der Waals surface area contributed by atoms with E-state index >= 15 is 0 Å². The highest BCUT2D eigenvalue weighted by Crippen LogP contribution is 2.54. The number of rotatable bonds is 3. The quantitative estimate of drug-likeness (QED) is 0.639. The Labute approximate surface area is 143 Å². The number of likely N-dealkylation sites (tertiary alicyclic amines) is 1. The first-order valence-electron chi connectivity index (χ1n) is 7.72. The fraction of sp³-hybridized carbons (Fsp3) is 0.733. The minimum atomic E-state index is -1.23. The number of carbonyl (C=O) groups excluding carboxylic acids is 2. The van der Waals surface area contributed by atoms with Gasteiger partial charge in [-0.05, 0) is 0 Å². The van der Waals surface area contributed by atoms with Crippen molar-refractivity contribution < 1.29 is 38.4 Å². The molecule has 7 atom stereocenters. The maximum absolute atomic E-state index is 12.4. The lowest BCUT2D eigenvalue weighted by molar-refractivity contribution is -0.330. The van der Waals surface area contributed by atoms with Gasteiger partial charge >= 0.3 is 5.97 Å². The zero-order chi connectivity index (χ0) is 18.5. The van der Waals surface area contributed by atoms with Crippen LogP contribution in [0, 0.1) is 23.2 Å². The normalized spacial score (nSPS) is 43.4. The SMILES string of the molecule is CC#N.COC1(C)OC2C3O[C@@H](C4C(=O)N(CC(=O)O)C(=O)C34)[C@H]2O1. The Hall–Kier alpha value is -2.06. The molecule has 4 fully saturated rings. The number of aliphatic carboxylic acids is 1. The molecule has 0 aromatic carbocycles. The number of hydrogen-bond donors (Lipinski definition) is 1. The van der Waals surface area contributed by atoms with E-state index in [9.17, 15) is 14.4 Å². The first-order valence-corrected chi connectivity index (χ1v) is 7.72. The van der Waals surface area contributed by atoms with Crippen LogP contribution in [0.1, 0.15) is 13.8 Å². The third-order valence-corrected chi connectivity index (χ3v) is 4.85. The van der Waals surface area contributed by atoms with Gasteiger partial charge in [-0.2, -0.15) is 5.26 Å². The number of nitrogens with zero attached hydrogens (tertiary/aromatic N) is 2. The Morgan fingerprint density at radius 3 is 2.04 bits per heavy atom. The van der Waals surface area contributed by atoms with Gasteiger partial charge in [0.15, 0.2) is 0 Å². The van der Waals surface area contributed by atoms with Gasteiger partial charge in [0, 0.05) is 21.0 Å². The second-order valence-corrected chi connectivity index (χ2v) is 6.23. The first kappa shape index (κ1) is 17.8. The van der Waals surface area contributed by atoms with Crippen LogP contribution >= 0.6 is 0 Å². The predicted octanol–water partition coefficient (Wildman–Crippen LogP) is -0.913. The summed E-state index contributed by atoms with van der Waals surface area (Å²) in [5, 5.41) is 16.2. The Kier molecular flexibility index (Phi) is 4.28. The van der Waals surface area contributed by atoms with Crippen LogP contribution in [0.15, 0.2) is 0 Å². The summed E-state index contributed by atoms with van der Waals surface area (Å²) in [5.41, 5.74) is 0. The number of carboxylic acid groups (broad SMARTS) is 1. The van der Waals surface area contributed by atoms with E-state index in [-0.39, 0.29) is 0 Å². The minimum absolute atomic E-state index is 0.502. The molecule has 0 aromatic heterocycles. The smallest absolute Gasteiger partial charge is 0.323 e. The lowest BCUT2D eigenvalue weighted by Gasteiger charge is -2.24. The van der Waals surface area contributed by atoms with E-state index < -0.39 is 66.6 Å². The van der Waals surface area contributed by atoms with E-state index in [1.165, 1.54) is 14.0 Å². The standard InChI is InChI=1S/C13H15NO8.C2H3N/c1-13(19-2)21-9-7-5-6(8(20-7)10(9)22-13)12(18)14(11(5)17)3-4(15)16;1-2-3/h5-10H,3H2,1-2H3,(H,15,16);1H3/t5?,6?,7-,8?,9+,10?,13?;/m0./s1. The van der Waals surface area contributed by atoms with Crippen molar-refractivity contribution in [2.75, 3.05) is 13.7 Å². The summed E-state index contributed by atoms with van der Waals surface area (Å²) in [7, 11) is 1.44. The molecule has 4 rings (SSSR count). The molecule has 5 unspecified atom stereocenters. The molecule has 10 nitrogen and oxygen atoms in total. The van der Waals surface area contributed by atoms with Crippen LogP contribution < -0.4 is 0 Å². The van der Waals surface area contributed by atoms with Gasteiger partial charge in [0.1, 0.15) is 18.8 Å². The second-order valence-electron chi connectivity index (χ2n) is 6.23. The summed E-state index contributed by atoms with van der Waals surface area (Å²) in [6.07, 6.45) is -2.24. The molecular weight excluding hydrogens is 336 g/mol. The highest BCUT2D eigenvalue weighted by Gasteiger charge is 2.73. The van der Waals surface area contributed by atoms with Crippen molar-refractivity contribution in [1.82, 2.24) is 4.90 Å². The van der Waals surface area contributed by atoms with Crippen molar-refractivity contribution in [2.24, 2.45) is 11.8 Å². The molecule has 4 saturated heterocycles. The third-order valence-electron chi connectivity index (χ3n) is 4.85. The lowest BCUT2D eigenvalue weighted by Crippen LogP contribution is -2.46. The summed E-state index contributed by atoms with van der Waals surface area (Å²) in [6.45, 7) is 2.41. The summed E-state index contributed by atoms with van der Waals surface area (Å²) < 4.78 is 22.3. The van der Waals surface area contributed by atoms with Gasteiger partial charge in [0.05, 0.1) is 30.1 Å². The summed E-state index contributed by atoms with van der Waals surface area (Å²) in [6, 6.07) is 1.75. The monoisotopic (exact) mass is 354 g/mol. The molecule has 2 bridgehead atoms. The van der Waals surface area contributed by atoms with Crippen molar-refractivity contribution in [2.45, 2.75) is 44.2 Å². The van der Waals surface area contributed by atoms with Crippen LogP contribution in [-0.2, 0) is 33.3 Å². The van der Waals surface area contributed by atoms with E-state index in [1.54, 1.807) is 13.0 Å². The van der Waals surface area contributed by atoms with Crippen LogP contribution in [0.3, 0.4) is 0 Å². The number of amides is 2. The second kappa shape index (κ2) is 6.03. The van der Waals surface area contributed by atoms with E-state index in [4.69, 9.17) is 29.3 Å². The van der Waals surface area contributed by atoms with E-state index in [0.29, 0.717) is 0 Å². The van der Waals surface area contributed by atoms with E-state index in [1.807, 2.05) is 0 Å². The molecule has 0 aliphatic carbocycles. The summed E-state index contributed by atoms with van der Waals surface area (Å²) >= 11 is 0. The zero-order valence-electron chi connectivity index (χ0n) is 13.9. The summed E-state index contributed by atoms with van der Waals surface area (Å²) in [5.74, 6) is -4.89. The fourth-order valence-electron chi connectivity index (χ4n) is 3.93. The first-order chi connectivity index (χ1) is 11.8. The molecule has 136 valence electrons. The maximum atomic E-state index is 12.4. The highest BCUT2D eigenvalue weighted by molar-refractivity contribution is 6.08. The molecule has 0 radical (unpaired) electrons. The molecule has 4 aliphatic rings. The average Bonchev–Trinajstić information content (AvgIpc) is 3.23. The van der Waals surface area contributed by atoms with Crippen molar-refractivity contribution in [3.05, 3.63) is 0 Å². The number of ether oxygens (including phenoxy) is 4. The average molecular weight is 354 g/mol. The van der Waals surface area contributed by atoms with Crippen LogP contribution in [0.2, 0.25) is 0 Å². The molecule has 1 N–H and O–H groups in total. The van der Waals surface area contributed by atoms with Gasteiger partial charge in [-0.3, -0.25) is 19.3 Å². The van der Waals surface area contributed by atoms with Gasteiger partial charge in [-0.1, -0.05) is 0 Å². The Morgan fingerprint density at radius 1 is 1.24 bits per heavy atom. The van der Waals surface area contributed by atoms with Gasteiger partial charge in [0.25, 0.3) is 5.97 Å². The molecule has 25 heavy (non-hydrogen) atoms. The highest BCUT2D eigenvalue weighted by atomic mass is 16.9. The van der Waals surface area contributed by atoms with Gasteiger partial charge in [-0.15, -0.1) is 0 Å². The molecule has 2 amide bonds. The van der Waals surface area contributed by atoms with Crippen molar-refractivity contribution in [3.8, 4) is 6.07 Å². The van der Waals surface area contributed by atoms with Gasteiger partial charge < -0.3 is 24.1 Å². The molecule has 0 spiro atoms. The van der Waals surface area contributed by atoms with E-state index in [0.717, 1.165) is 4.90 Å². The molecule has 0 saturated carbocycles. The number of carbonyl (C=O) groups is 3. The van der Waals surface area contributed by atoms with Gasteiger partial charge in [-0.25, -0.2) is 0 Å². The Bertz CT molecular complexity index is 622. The van der Waals surface area contributed by atoms with Crippen LogP contribution in [0.25, 0.3) is 0 Å². The Morgan fingerprint density at radius 2 is 1.68 bits per heavy atom. The Balaban J connectivity index is 0.000000569. The number of nitriles is 1. The van der Waals surface area contributed by atoms with Crippen molar-refractivity contribution in [1.29, 1.82) is 5.26 Å². The molecule has 4 heterocycles. The van der Waals surface area contributed by atoms with E-state index in [2.05, 4.69) is 0 Å².